The molecule has 0 saturated carbocycles. The van der Waals surface area contributed by atoms with Crippen LogP contribution in [0.3, 0.4) is 0 Å². The normalized spacial score (nSPS) is 10.7. The van der Waals surface area contributed by atoms with Crippen LogP contribution >= 0.6 is 23.2 Å². The molecule has 0 saturated heterocycles. The van der Waals surface area contributed by atoms with Gasteiger partial charge in [0.15, 0.2) is 0 Å². The summed E-state index contributed by atoms with van der Waals surface area (Å²) in [7, 11) is 0. The van der Waals surface area contributed by atoms with Crippen molar-refractivity contribution in [2.24, 2.45) is 0 Å². The SMILES string of the molecule is Cc1ccnc(N(CCCO)Cc2ccc(Cl)c(Cl)c2)n1. The van der Waals surface area contributed by atoms with Crippen molar-refractivity contribution in [2.75, 3.05) is 18.1 Å². The summed E-state index contributed by atoms with van der Waals surface area (Å²) in [5.74, 6) is 0.648. The zero-order valence-electron chi connectivity index (χ0n) is 11.8. The van der Waals surface area contributed by atoms with Gasteiger partial charge in [0.1, 0.15) is 0 Å². The Morgan fingerprint density at radius 1 is 1.19 bits per heavy atom. The molecule has 0 aliphatic rings. The summed E-state index contributed by atoms with van der Waals surface area (Å²) < 4.78 is 0. The molecule has 0 aliphatic heterocycles. The van der Waals surface area contributed by atoms with Gasteiger partial charge in [0.2, 0.25) is 5.95 Å². The summed E-state index contributed by atoms with van der Waals surface area (Å²) >= 11 is 12.0. The quantitative estimate of drug-likeness (QED) is 0.883. The minimum Gasteiger partial charge on any atom is -0.396 e. The van der Waals surface area contributed by atoms with E-state index in [-0.39, 0.29) is 6.61 Å². The van der Waals surface area contributed by atoms with Gasteiger partial charge >= 0.3 is 0 Å². The molecule has 1 N–H and O–H groups in total. The fourth-order valence-electron chi connectivity index (χ4n) is 1.96. The van der Waals surface area contributed by atoms with Crippen molar-refractivity contribution >= 4 is 29.2 Å². The molecular formula is C15H17Cl2N3O. The maximum Gasteiger partial charge on any atom is 0.225 e. The van der Waals surface area contributed by atoms with Gasteiger partial charge in [0, 0.05) is 31.6 Å². The topological polar surface area (TPSA) is 49.2 Å². The van der Waals surface area contributed by atoms with Gasteiger partial charge in [0.05, 0.1) is 10.0 Å². The molecule has 0 unspecified atom stereocenters. The Balaban J connectivity index is 2.21. The van der Waals surface area contributed by atoms with E-state index in [2.05, 4.69) is 9.97 Å². The molecule has 21 heavy (non-hydrogen) atoms. The summed E-state index contributed by atoms with van der Waals surface area (Å²) in [5, 5.41) is 10.1. The minimum atomic E-state index is 0.129. The second-order valence-electron chi connectivity index (χ2n) is 4.75. The van der Waals surface area contributed by atoms with Gasteiger partial charge in [-0.05, 0) is 37.1 Å². The number of aromatic nitrogens is 2. The Kier molecular flexibility index (Phi) is 5.79. The summed E-state index contributed by atoms with van der Waals surface area (Å²) in [6.07, 6.45) is 2.39. The Hall–Kier alpha value is -1.36. The predicted molar refractivity (Wildman–Crippen MR) is 86.0 cm³/mol. The molecule has 6 heteroatoms. The first-order valence-corrected chi connectivity index (χ1v) is 7.45. The highest BCUT2D eigenvalue weighted by Gasteiger charge is 2.11. The van der Waals surface area contributed by atoms with Gasteiger partial charge in [-0.3, -0.25) is 0 Å². The van der Waals surface area contributed by atoms with Crippen LogP contribution in [0.4, 0.5) is 5.95 Å². The second-order valence-corrected chi connectivity index (χ2v) is 5.56. The molecule has 4 nitrogen and oxygen atoms in total. The smallest absolute Gasteiger partial charge is 0.225 e. The van der Waals surface area contributed by atoms with E-state index in [1.54, 1.807) is 12.3 Å². The van der Waals surface area contributed by atoms with Crippen molar-refractivity contribution in [3.05, 3.63) is 51.8 Å². The number of aryl methyl sites for hydroxylation is 1. The third-order valence-electron chi connectivity index (χ3n) is 3.01. The molecule has 1 aromatic carbocycles. The molecule has 1 heterocycles. The largest absolute Gasteiger partial charge is 0.396 e. The lowest BCUT2D eigenvalue weighted by atomic mass is 10.2. The van der Waals surface area contributed by atoms with Crippen molar-refractivity contribution in [1.82, 2.24) is 9.97 Å². The van der Waals surface area contributed by atoms with E-state index in [0.717, 1.165) is 11.3 Å². The highest BCUT2D eigenvalue weighted by Crippen LogP contribution is 2.24. The number of aliphatic hydroxyl groups excluding tert-OH is 1. The van der Waals surface area contributed by atoms with Gasteiger partial charge in [0.25, 0.3) is 0 Å². The van der Waals surface area contributed by atoms with E-state index in [4.69, 9.17) is 28.3 Å². The van der Waals surface area contributed by atoms with E-state index in [9.17, 15) is 0 Å². The average molecular weight is 326 g/mol. The monoisotopic (exact) mass is 325 g/mol. The molecule has 0 amide bonds. The number of nitrogens with zero attached hydrogens (tertiary/aromatic N) is 3. The van der Waals surface area contributed by atoms with Crippen LogP contribution in [0.15, 0.2) is 30.5 Å². The summed E-state index contributed by atoms with van der Waals surface area (Å²) in [6.45, 7) is 3.33. The third kappa shape index (κ3) is 4.56. The van der Waals surface area contributed by atoms with Gasteiger partial charge in [-0.25, -0.2) is 9.97 Å². The molecule has 2 rings (SSSR count). The van der Waals surface area contributed by atoms with E-state index in [1.165, 1.54) is 0 Å². The minimum absolute atomic E-state index is 0.129. The number of anilines is 1. The van der Waals surface area contributed by atoms with Gasteiger partial charge in [-0.2, -0.15) is 0 Å². The van der Waals surface area contributed by atoms with Crippen molar-refractivity contribution in [3.63, 3.8) is 0 Å². The van der Waals surface area contributed by atoms with Gasteiger partial charge in [-0.1, -0.05) is 29.3 Å². The summed E-state index contributed by atoms with van der Waals surface area (Å²) in [4.78, 5) is 10.8. The van der Waals surface area contributed by atoms with Gasteiger partial charge in [-0.15, -0.1) is 0 Å². The summed E-state index contributed by atoms with van der Waals surface area (Å²) in [6, 6.07) is 7.40. The average Bonchev–Trinajstić information content (AvgIpc) is 2.47. The van der Waals surface area contributed by atoms with Crippen LogP contribution in [0, 0.1) is 6.92 Å². The van der Waals surface area contributed by atoms with Crippen molar-refractivity contribution in [2.45, 2.75) is 19.9 Å². The van der Waals surface area contributed by atoms with Crippen LogP contribution in [0.1, 0.15) is 17.7 Å². The van der Waals surface area contributed by atoms with E-state index in [0.29, 0.717) is 35.5 Å². The highest BCUT2D eigenvalue weighted by atomic mass is 35.5. The van der Waals surface area contributed by atoms with E-state index in [1.807, 2.05) is 30.0 Å². The maximum absolute atomic E-state index is 9.06. The number of benzene rings is 1. The van der Waals surface area contributed by atoms with Crippen molar-refractivity contribution in [1.29, 1.82) is 0 Å². The number of halogens is 2. The number of aliphatic hydroxyl groups is 1. The van der Waals surface area contributed by atoms with Crippen LogP contribution in [-0.2, 0) is 6.54 Å². The lowest BCUT2D eigenvalue weighted by Crippen LogP contribution is -2.26. The lowest BCUT2D eigenvalue weighted by Gasteiger charge is -2.22. The number of rotatable bonds is 6. The highest BCUT2D eigenvalue weighted by molar-refractivity contribution is 6.42. The van der Waals surface area contributed by atoms with Crippen LogP contribution in [0.25, 0.3) is 0 Å². The van der Waals surface area contributed by atoms with Crippen molar-refractivity contribution < 1.29 is 5.11 Å². The van der Waals surface area contributed by atoms with Crippen LogP contribution < -0.4 is 4.90 Å². The second kappa shape index (κ2) is 7.59. The fourth-order valence-corrected chi connectivity index (χ4v) is 2.28. The van der Waals surface area contributed by atoms with Crippen LogP contribution in [-0.4, -0.2) is 28.2 Å². The molecule has 0 radical (unpaired) electrons. The number of hydrogen-bond donors (Lipinski definition) is 1. The number of hydrogen-bond acceptors (Lipinski definition) is 4. The Bertz CT molecular complexity index is 607. The molecule has 0 fully saturated rings. The predicted octanol–water partition coefficient (Wildman–Crippen LogP) is 3.48. The molecule has 0 spiro atoms. The van der Waals surface area contributed by atoms with E-state index >= 15 is 0 Å². The molecule has 1 aromatic heterocycles. The zero-order chi connectivity index (χ0) is 15.2. The van der Waals surface area contributed by atoms with Crippen LogP contribution in [0.2, 0.25) is 10.0 Å². The van der Waals surface area contributed by atoms with Crippen LogP contribution in [0.5, 0.6) is 0 Å². The Morgan fingerprint density at radius 2 is 2.00 bits per heavy atom. The molecular weight excluding hydrogens is 309 g/mol. The first kappa shape index (κ1) is 16.0. The standard InChI is InChI=1S/C15H17Cl2N3O/c1-11-5-6-18-15(19-11)20(7-2-8-21)10-12-3-4-13(16)14(17)9-12/h3-6,9,21H,2,7-8,10H2,1H3. The fraction of sp³-hybridized carbons (Fsp3) is 0.333. The molecule has 2 aromatic rings. The van der Waals surface area contributed by atoms with E-state index < -0.39 is 0 Å². The Labute approximate surface area is 134 Å². The van der Waals surface area contributed by atoms with Gasteiger partial charge < -0.3 is 10.0 Å². The molecule has 0 aliphatic carbocycles. The third-order valence-corrected chi connectivity index (χ3v) is 3.75. The first-order chi connectivity index (χ1) is 10.1. The first-order valence-electron chi connectivity index (χ1n) is 6.69. The molecule has 0 bridgehead atoms. The molecule has 0 atom stereocenters. The summed E-state index contributed by atoms with van der Waals surface area (Å²) in [5.41, 5.74) is 1.93. The molecule has 112 valence electrons. The lowest BCUT2D eigenvalue weighted by molar-refractivity contribution is 0.289. The maximum atomic E-state index is 9.06. The Morgan fingerprint density at radius 3 is 2.67 bits per heavy atom. The van der Waals surface area contributed by atoms with Crippen molar-refractivity contribution in [3.8, 4) is 0 Å². The zero-order valence-corrected chi connectivity index (χ0v) is 13.3.